The summed E-state index contributed by atoms with van der Waals surface area (Å²) < 4.78 is 5.82. The standard InChI is InChI=1S/C21H25BrN4O4S/c1-2-3-13-30-21(29)26-11-9-25(10-12-26)16(27)14-23-19(28)17-18(22)31-20(24-17)15-7-5-4-6-8-15/h4-8H,2-3,9-14H2,1H3,(H,23,28). The lowest BCUT2D eigenvalue weighted by Gasteiger charge is -2.34. The van der Waals surface area contributed by atoms with Crippen molar-refractivity contribution in [3.8, 4) is 10.6 Å². The van der Waals surface area contributed by atoms with Crippen molar-refractivity contribution in [2.45, 2.75) is 19.8 Å². The number of thiazole rings is 1. The molecule has 1 aromatic heterocycles. The summed E-state index contributed by atoms with van der Waals surface area (Å²) in [6.07, 6.45) is 1.47. The molecule has 1 aliphatic heterocycles. The van der Waals surface area contributed by atoms with Crippen LogP contribution in [0.2, 0.25) is 0 Å². The molecule has 0 unspecified atom stereocenters. The monoisotopic (exact) mass is 508 g/mol. The van der Waals surface area contributed by atoms with Gasteiger partial charge in [0.1, 0.15) is 8.79 Å². The first kappa shape index (κ1) is 23.2. The number of hydrogen-bond acceptors (Lipinski definition) is 6. The van der Waals surface area contributed by atoms with Crippen molar-refractivity contribution in [2.75, 3.05) is 39.3 Å². The third kappa shape index (κ3) is 6.27. The number of amides is 3. The average Bonchev–Trinajstić information content (AvgIpc) is 3.19. The quantitative estimate of drug-likeness (QED) is 0.578. The molecule has 10 heteroatoms. The lowest BCUT2D eigenvalue weighted by Crippen LogP contribution is -2.52. The van der Waals surface area contributed by atoms with Crippen LogP contribution in [-0.4, -0.2) is 72.0 Å². The van der Waals surface area contributed by atoms with Crippen LogP contribution in [0.5, 0.6) is 0 Å². The predicted molar refractivity (Wildman–Crippen MR) is 122 cm³/mol. The van der Waals surface area contributed by atoms with E-state index in [1.165, 1.54) is 11.3 Å². The zero-order chi connectivity index (χ0) is 22.2. The van der Waals surface area contributed by atoms with Crippen LogP contribution in [0.15, 0.2) is 34.1 Å². The second-order valence-electron chi connectivity index (χ2n) is 7.03. The lowest BCUT2D eigenvalue weighted by atomic mass is 10.2. The van der Waals surface area contributed by atoms with Crippen LogP contribution < -0.4 is 5.32 Å². The number of halogens is 1. The van der Waals surface area contributed by atoms with Gasteiger partial charge in [0.15, 0.2) is 5.69 Å². The van der Waals surface area contributed by atoms with E-state index in [-0.39, 0.29) is 24.2 Å². The van der Waals surface area contributed by atoms with Crippen LogP contribution in [-0.2, 0) is 9.53 Å². The average molecular weight is 509 g/mol. The van der Waals surface area contributed by atoms with Gasteiger partial charge in [0.25, 0.3) is 5.91 Å². The summed E-state index contributed by atoms with van der Waals surface area (Å²) in [5.74, 6) is -0.598. The summed E-state index contributed by atoms with van der Waals surface area (Å²) in [5.41, 5.74) is 1.19. The number of nitrogens with zero attached hydrogens (tertiary/aromatic N) is 3. The van der Waals surface area contributed by atoms with Gasteiger partial charge in [-0.3, -0.25) is 9.59 Å². The van der Waals surface area contributed by atoms with E-state index >= 15 is 0 Å². The molecule has 1 N–H and O–H groups in total. The minimum atomic E-state index is -0.406. The maximum Gasteiger partial charge on any atom is 0.409 e. The number of piperazine rings is 1. The number of rotatable bonds is 7. The van der Waals surface area contributed by atoms with Crippen LogP contribution in [0.1, 0.15) is 30.3 Å². The van der Waals surface area contributed by atoms with Crippen LogP contribution in [0.3, 0.4) is 0 Å². The minimum absolute atomic E-state index is 0.121. The topological polar surface area (TPSA) is 91.8 Å². The van der Waals surface area contributed by atoms with E-state index in [9.17, 15) is 14.4 Å². The second-order valence-corrected chi connectivity index (χ2v) is 9.34. The highest BCUT2D eigenvalue weighted by Gasteiger charge is 2.25. The number of carbonyl (C=O) groups excluding carboxylic acids is 3. The smallest absolute Gasteiger partial charge is 0.409 e. The molecular formula is C21H25BrN4O4S. The van der Waals surface area contributed by atoms with Gasteiger partial charge in [-0.05, 0) is 22.4 Å². The van der Waals surface area contributed by atoms with E-state index in [1.807, 2.05) is 37.3 Å². The maximum absolute atomic E-state index is 12.5. The Kier molecular flexibility index (Phi) is 8.42. The first-order valence-corrected chi connectivity index (χ1v) is 11.8. The van der Waals surface area contributed by atoms with Gasteiger partial charge in [-0.25, -0.2) is 9.78 Å². The number of hydrogen-bond donors (Lipinski definition) is 1. The molecule has 166 valence electrons. The predicted octanol–water partition coefficient (Wildman–Crippen LogP) is 3.38. The maximum atomic E-state index is 12.5. The van der Waals surface area contributed by atoms with Crippen molar-refractivity contribution in [2.24, 2.45) is 0 Å². The fraction of sp³-hybridized carbons (Fsp3) is 0.429. The molecular weight excluding hydrogens is 484 g/mol. The molecule has 1 fully saturated rings. The van der Waals surface area contributed by atoms with Gasteiger partial charge in [0.2, 0.25) is 5.91 Å². The van der Waals surface area contributed by atoms with Crippen molar-refractivity contribution >= 4 is 45.2 Å². The third-order valence-electron chi connectivity index (χ3n) is 4.84. The van der Waals surface area contributed by atoms with Crippen molar-refractivity contribution in [3.05, 3.63) is 39.8 Å². The molecule has 1 aromatic carbocycles. The molecule has 1 aliphatic rings. The highest BCUT2D eigenvalue weighted by atomic mass is 79.9. The summed E-state index contributed by atoms with van der Waals surface area (Å²) in [4.78, 5) is 44.7. The number of carbonyl (C=O) groups is 3. The minimum Gasteiger partial charge on any atom is -0.449 e. The number of ether oxygens (including phenoxy) is 1. The van der Waals surface area contributed by atoms with Gasteiger partial charge in [0.05, 0.1) is 13.2 Å². The van der Waals surface area contributed by atoms with Gasteiger partial charge in [-0.2, -0.15) is 0 Å². The highest BCUT2D eigenvalue weighted by molar-refractivity contribution is 9.11. The van der Waals surface area contributed by atoms with Crippen molar-refractivity contribution in [1.82, 2.24) is 20.1 Å². The number of nitrogens with one attached hydrogen (secondary N) is 1. The van der Waals surface area contributed by atoms with Crippen molar-refractivity contribution in [1.29, 1.82) is 0 Å². The second kappa shape index (κ2) is 11.2. The molecule has 0 radical (unpaired) electrons. The number of unbranched alkanes of at least 4 members (excludes halogenated alkanes) is 1. The Hall–Kier alpha value is -2.46. The van der Waals surface area contributed by atoms with E-state index in [0.717, 1.165) is 23.4 Å². The van der Waals surface area contributed by atoms with Crippen LogP contribution in [0, 0.1) is 0 Å². The van der Waals surface area contributed by atoms with Gasteiger partial charge in [-0.1, -0.05) is 43.7 Å². The van der Waals surface area contributed by atoms with Gasteiger partial charge in [-0.15, -0.1) is 11.3 Å². The Bertz CT molecular complexity index is 913. The highest BCUT2D eigenvalue weighted by Crippen LogP contribution is 2.31. The van der Waals surface area contributed by atoms with Gasteiger partial charge >= 0.3 is 6.09 Å². The Morgan fingerprint density at radius 2 is 1.81 bits per heavy atom. The Morgan fingerprint density at radius 3 is 2.48 bits per heavy atom. The lowest BCUT2D eigenvalue weighted by molar-refractivity contribution is -0.131. The largest absolute Gasteiger partial charge is 0.449 e. The zero-order valence-corrected chi connectivity index (χ0v) is 19.7. The van der Waals surface area contributed by atoms with Crippen LogP contribution in [0.4, 0.5) is 4.79 Å². The molecule has 3 amide bonds. The molecule has 3 rings (SSSR count). The van der Waals surface area contributed by atoms with Gasteiger partial charge in [0, 0.05) is 31.7 Å². The summed E-state index contributed by atoms with van der Waals surface area (Å²) in [6, 6.07) is 9.59. The fourth-order valence-corrected chi connectivity index (χ4v) is 4.56. The number of aromatic nitrogens is 1. The summed E-state index contributed by atoms with van der Waals surface area (Å²) >= 11 is 4.76. The van der Waals surface area contributed by atoms with Gasteiger partial charge < -0.3 is 19.9 Å². The SMILES string of the molecule is CCCCOC(=O)N1CCN(C(=O)CNC(=O)c2nc(-c3ccccc3)sc2Br)CC1. The van der Waals surface area contributed by atoms with E-state index in [0.29, 0.717) is 36.6 Å². The van der Waals surface area contributed by atoms with E-state index in [1.54, 1.807) is 9.80 Å². The molecule has 8 nitrogen and oxygen atoms in total. The van der Waals surface area contributed by atoms with Crippen LogP contribution >= 0.6 is 27.3 Å². The third-order valence-corrected chi connectivity index (χ3v) is 6.59. The van der Waals surface area contributed by atoms with E-state index in [4.69, 9.17) is 4.74 Å². The Labute approximate surface area is 193 Å². The molecule has 0 spiro atoms. The van der Waals surface area contributed by atoms with Crippen LogP contribution in [0.25, 0.3) is 10.6 Å². The summed E-state index contributed by atoms with van der Waals surface area (Å²) in [6.45, 7) is 3.99. The molecule has 2 aromatic rings. The molecule has 0 aliphatic carbocycles. The molecule has 0 atom stereocenters. The zero-order valence-electron chi connectivity index (χ0n) is 17.3. The Morgan fingerprint density at radius 1 is 1.13 bits per heavy atom. The summed E-state index contributed by atoms with van der Waals surface area (Å²) in [5, 5.41) is 3.38. The number of benzene rings is 1. The molecule has 1 saturated heterocycles. The summed E-state index contributed by atoms with van der Waals surface area (Å²) in [7, 11) is 0. The molecule has 0 bridgehead atoms. The first-order valence-electron chi connectivity index (χ1n) is 10.2. The van der Waals surface area contributed by atoms with E-state index < -0.39 is 5.91 Å². The first-order chi connectivity index (χ1) is 15.0. The van der Waals surface area contributed by atoms with Crippen molar-refractivity contribution in [3.63, 3.8) is 0 Å². The fourth-order valence-electron chi connectivity index (χ4n) is 3.03. The molecule has 31 heavy (non-hydrogen) atoms. The molecule has 0 saturated carbocycles. The molecule has 2 heterocycles. The Balaban J connectivity index is 1.46. The van der Waals surface area contributed by atoms with Crippen molar-refractivity contribution < 1.29 is 19.1 Å². The normalized spacial score (nSPS) is 13.7. The van der Waals surface area contributed by atoms with E-state index in [2.05, 4.69) is 26.2 Å².